The zero-order valence-corrected chi connectivity index (χ0v) is 27.8. The highest BCUT2D eigenvalue weighted by atomic mass is 16.7. The SMILES string of the molecule is CC[C@@H]([C@H](C)OCc1ccccc1)n1ncn(-c2ccc(N3CCN(c4ccc(B5OC(C)(C)C(C)(C)O5)cc4)CC3)cn2)c1=O. The van der Waals surface area contributed by atoms with Crippen LogP contribution in [0.2, 0.25) is 0 Å². The van der Waals surface area contributed by atoms with Gasteiger partial charge in [0, 0.05) is 31.9 Å². The summed E-state index contributed by atoms with van der Waals surface area (Å²) in [5, 5.41) is 4.45. The monoisotopic (exact) mass is 624 g/mol. The van der Waals surface area contributed by atoms with Crippen LogP contribution in [-0.4, -0.2) is 69.9 Å². The van der Waals surface area contributed by atoms with Crippen LogP contribution in [0.4, 0.5) is 11.4 Å². The van der Waals surface area contributed by atoms with Gasteiger partial charge in [0.1, 0.15) is 12.1 Å². The van der Waals surface area contributed by atoms with E-state index in [9.17, 15) is 4.79 Å². The summed E-state index contributed by atoms with van der Waals surface area (Å²) in [6.45, 7) is 16.4. The topological polar surface area (TPSA) is 86.9 Å². The molecule has 2 fully saturated rings. The van der Waals surface area contributed by atoms with Gasteiger partial charge >= 0.3 is 12.8 Å². The van der Waals surface area contributed by atoms with Crippen LogP contribution in [0.1, 0.15) is 59.6 Å². The zero-order chi connectivity index (χ0) is 32.5. The predicted molar refractivity (Wildman–Crippen MR) is 182 cm³/mol. The molecule has 0 amide bonds. The molecule has 4 heterocycles. The van der Waals surface area contributed by atoms with E-state index in [-0.39, 0.29) is 36.2 Å². The summed E-state index contributed by atoms with van der Waals surface area (Å²) in [5.41, 5.74) is 3.43. The molecule has 10 nitrogen and oxygen atoms in total. The molecule has 2 aromatic carbocycles. The first kappa shape index (κ1) is 32.0. The van der Waals surface area contributed by atoms with Gasteiger partial charge in [0.25, 0.3) is 0 Å². The van der Waals surface area contributed by atoms with Crippen molar-refractivity contribution in [2.45, 2.75) is 77.9 Å². The fraction of sp³-hybridized carbons (Fsp3) is 0.457. The molecule has 2 aliphatic rings. The third kappa shape index (κ3) is 6.49. The molecule has 0 saturated carbocycles. The Labute approximate surface area is 272 Å². The molecule has 2 saturated heterocycles. The smallest absolute Gasteiger partial charge is 0.399 e. The molecule has 6 rings (SSSR count). The number of piperazine rings is 1. The van der Waals surface area contributed by atoms with E-state index in [1.165, 1.54) is 14.9 Å². The summed E-state index contributed by atoms with van der Waals surface area (Å²) in [5.74, 6) is 0.549. The van der Waals surface area contributed by atoms with Gasteiger partial charge in [0.15, 0.2) is 0 Å². The van der Waals surface area contributed by atoms with Crippen molar-refractivity contribution < 1.29 is 14.0 Å². The minimum atomic E-state index is -0.355. The number of hydrogen-bond acceptors (Lipinski definition) is 8. The van der Waals surface area contributed by atoms with Gasteiger partial charge in [0.05, 0.1) is 41.8 Å². The van der Waals surface area contributed by atoms with Crippen LogP contribution < -0.4 is 21.0 Å². The highest BCUT2D eigenvalue weighted by molar-refractivity contribution is 6.62. The summed E-state index contributed by atoms with van der Waals surface area (Å²) in [4.78, 5) is 22.8. The van der Waals surface area contributed by atoms with Crippen molar-refractivity contribution in [3.63, 3.8) is 0 Å². The van der Waals surface area contributed by atoms with Gasteiger partial charge in [-0.2, -0.15) is 5.10 Å². The van der Waals surface area contributed by atoms with E-state index in [0.29, 0.717) is 12.4 Å². The van der Waals surface area contributed by atoms with E-state index in [1.807, 2.05) is 62.5 Å². The number of ether oxygens (including phenoxy) is 1. The zero-order valence-electron chi connectivity index (χ0n) is 27.8. The molecule has 0 aliphatic carbocycles. The summed E-state index contributed by atoms with van der Waals surface area (Å²) in [6.07, 6.45) is 3.92. The Balaban J connectivity index is 1.05. The van der Waals surface area contributed by atoms with E-state index in [0.717, 1.165) is 49.3 Å². The van der Waals surface area contributed by atoms with Gasteiger partial charge in [-0.3, -0.25) is 0 Å². The minimum absolute atomic E-state index is 0.187. The van der Waals surface area contributed by atoms with Crippen molar-refractivity contribution in [1.82, 2.24) is 19.3 Å². The van der Waals surface area contributed by atoms with E-state index in [2.05, 4.69) is 71.8 Å². The molecule has 242 valence electrons. The van der Waals surface area contributed by atoms with Crippen LogP contribution in [0.15, 0.2) is 84.0 Å². The van der Waals surface area contributed by atoms with Crippen LogP contribution in [0.3, 0.4) is 0 Å². The lowest BCUT2D eigenvalue weighted by Gasteiger charge is -2.37. The fourth-order valence-corrected chi connectivity index (χ4v) is 6.07. The van der Waals surface area contributed by atoms with E-state index >= 15 is 0 Å². The van der Waals surface area contributed by atoms with Crippen LogP contribution >= 0.6 is 0 Å². The second kappa shape index (κ2) is 13.1. The Morgan fingerprint density at radius 2 is 1.48 bits per heavy atom. The first-order valence-corrected chi connectivity index (χ1v) is 16.3. The molecular formula is C35H45BN6O4. The van der Waals surface area contributed by atoms with Crippen molar-refractivity contribution >= 4 is 24.0 Å². The van der Waals surface area contributed by atoms with Crippen molar-refractivity contribution in [2.24, 2.45) is 0 Å². The van der Waals surface area contributed by atoms with E-state index < -0.39 is 0 Å². The third-order valence-corrected chi connectivity index (χ3v) is 9.73. The van der Waals surface area contributed by atoms with E-state index in [1.54, 1.807) is 6.33 Å². The minimum Gasteiger partial charge on any atom is -0.399 e. The van der Waals surface area contributed by atoms with Crippen molar-refractivity contribution in [1.29, 1.82) is 0 Å². The van der Waals surface area contributed by atoms with Crippen molar-refractivity contribution in [2.75, 3.05) is 36.0 Å². The van der Waals surface area contributed by atoms with Gasteiger partial charge in [-0.1, -0.05) is 49.4 Å². The Morgan fingerprint density at radius 1 is 0.870 bits per heavy atom. The maximum absolute atomic E-state index is 13.4. The van der Waals surface area contributed by atoms with Gasteiger partial charge in [-0.05, 0) is 76.3 Å². The van der Waals surface area contributed by atoms with Crippen LogP contribution in [0.5, 0.6) is 0 Å². The molecular weight excluding hydrogens is 579 g/mol. The van der Waals surface area contributed by atoms with Crippen LogP contribution in [-0.2, 0) is 20.7 Å². The maximum atomic E-state index is 13.4. The molecule has 2 aliphatic heterocycles. The lowest BCUT2D eigenvalue weighted by atomic mass is 9.79. The highest BCUT2D eigenvalue weighted by Crippen LogP contribution is 2.36. The fourth-order valence-electron chi connectivity index (χ4n) is 6.07. The normalized spacial score (nSPS) is 19.0. The number of pyridine rings is 1. The summed E-state index contributed by atoms with van der Waals surface area (Å²) >= 11 is 0. The van der Waals surface area contributed by atoms with Crippen LogP contribution in [0, 0.1) is 0 Å². The Morgan fingerprint density at radius 3 is 2.07 bits per heavy atom. The molecule has 2 atom stereocenters. The van der Waals surface area contributed by atoms with Crippen molar-refractivity contribution in [3.05, 3.63) is 95.3 Å². The first-order valence-electron chi connectivity index (χ1n) is 16.3. The average Bonchev–Trinajstić information content (AvgIpc) is 3.55. The van der Waals surface area contributed by atoms with Crippen LogP contribution in [0.25, 0.3) is 5.82 Å². The second-order valence-electron chi connectivity index (χ2n) is 13.2. The Hall–Kier alpha value is -3.93. The van der Waals surface area contributed by atoms with E-state index in [4.69, 9.17) is 14.0 Å². The predicted octanol–water partition coefficient (Wildman–Crippen LogP) is 4.61. The summed E-state index contributed by atoms with van der Waals surface area (Å²) in [6, 6.07) is 22.3. The quantitative estimate of drug-likeness (QED) is 0.237. The van der Waals surface area contributed by atoms with Gasteiger partial charge in [-0.15, -0.1) is 0 Å². The van der Waals surface area contributed by atoms with Gasteiger partial charge < -0.3 is 23.8 Å². The molecule has 0 unspecified atom stereocenters. The standard InChI is InChI=1S/C35H45BN6O4/c1-7-31(26(2)44-24-27-11-9-8-10-12-27)42-33(43)41(25-38-42)32-18-17-30(23-37-32)40-21-19-39(20-22-40)29-15-13-28(14-16-29)36-45-34(3,4)35(5,6)46-36/h8-18,23,25-26,31H,7,19-22,24H2,1-6H3/t26-,31-/m0/s1. The van der Waals surface area contributed by atoms with Gasteiger partial charge in [-0.25, -0.2) is 19.0 Å². The molecule has 0 bridgehead atoms. The largest absolute Gasteiger partial charge is 0.494 e. The Kier molecular flexibility index (Phi) is 9.09. The molecule has 0 N–H and O–H groups in total. The maximum Gasteiger partial charge on any atom is 0.494 e. The van der Waals surface area contributed by atoms with Crippen molar-refractivity contribution in [3.8, 4) is 5.82 Å². The molecule has 4 aromatic rings. The molecule has 0 radical (unpaired) electrons. The lowest BCUT2D eigenvalue weighted by Crippen LogP contribution is -2.46. The molecule has 2 aromatic heterocycles. The van der Waals surface area contributed by atoms with Gasteiger partial charge in [0.2, 0.25) is 0 Å². The number of rotatable bonds is 10. The highest BCUT2D eigenvalue weighted by Gasteiger charge is 2.51. The molecule has 46 heavy (non-hydrogen) atoms. The lowest BCUT2D eigenvalue weighted by molar-refractivity contribution is 0.00578. The number of hydrogen-bond donors (Lipinski definition) is 0. The number of anilines is 2. The third-order valence-electron chi connectivity index (χ3n) is 9.73. The average molecular weight is 625 g/mol. The second-order valence-corrected chi connectivity index (χ2v) is 13.2. The Bertz CT molecular complexity index is 1630. The summed E-state index contributed by atoms with van der Waals surface area (Å²) < 4.78 is 21.6. The number of aromatic nitrogens is 4. The number of nitrogens with zero attached hydrogens (tertiary/aromatic N) is 6. The number of benzene rings is 2. The first-order chi connectivity index (χ1) is 22.1. The molecule has 11 heteroatoms. The summed E-state index contributed by atoms with van der Waals surface area (Å²) in [7, 11) is -0.354. The molecule has 0 spiro atoms.